The summed E-state index contributed by atoms with van der Waals surface area (Å²) >= 11 is 0. The van der Waals surface area contributed by atoms with Gasteiger partial charge in [-0.3, -0.25) is 9.78 Å². The molecular weight excluding hydrogens is 317 g/mol. The van der Waals surface area contributed by atoms with Crippen LogP contribution < -0.4 is 0 Å². The molecule has 0 saturated carbocycles. The highest BCUT2D eigenvalue weighted by atomic mass is 19.1. The lowest BCUT2D eigenvalue weighted by Crippen LogP contribution is -2.35. The third-order valence-corrected chi connectivity index (χ3v) is 4.61. The molecule has 4 nitrogen and oxygen atoms in total. The minimum absolute atomic E-state index is 0.0685. The molecule has 1 aliphatic rings. The van der Waals surface area contributed by atoms with Gasteiger partial charge in [0.2, 0.25) is 5.91 Å². The highest BCUT2D eigenvalue weighted by Crippen LogP contribution is 2.28. The fraction of sp³-hybridized carbons (Fsp3) is 0.200. The maximum absolute atomic E-state index is 13.0. The van der Waals surface area contributed by atoms with Crippen molar-refractivity contribution in [2.75, 3.05) is 13.1 Å². The maximum atomic E-state index is 13.0. The van der Waals surface area contributed by atoms with E-state index in [-0.39, 0.29) is 11.7 Å². The molecule has 0 aliphatic carbocycles. The van der Waals surface area contributed by atoms with Gasteiger partial charge >= 0.3 is 0 Å². The van der Waals surface area contributed by atoms with Gasteiger partial charge in [-0.1, -0.05) is 18.2 Å². The molecule has 5 heteroatoms. The molecule has 1 amide bonds. The second-order valence-electron chi connectivity index (χ2n) is 6.22. The van der Waals surface area contributed by atoms with Crippen LogP contribution in [0.2, 0.25) is 0 Å². The molecule has 2 aromatic heterocycles. The Bertz CT molecular complexity index is 943. The van der Waals surface area contributed by atoms with E-state index in [9.17, 15) is 9.18 Å². The van der Waals surface area contributed by atoms with E-state index in [1.54, 1.807) is 18.3 Å². The molecule has 25 heavy (non-hydrogen) atoms. The number of H-pyrrole nitrogens is 1. The van der Waals surface area contributed by atoms with E-state index in [2.05, 4.69) is 16.0 Å². The molecule has 4 rings (SSSR count). The number of aromatic nitrogens is 2. The Morgan fingerprint density at radius 3 is 2.84 bits per heavy atom. The Balaban J connectivity index is 1.46. The van der Waals surface area contributed by atoms with Crippen molar-refractivity contribution < 1.29 is 9.18 Å². The SMILES string of the molecule is O=C(Cc1ccc(F)cc1)N1CC=C(c2c[nH]c3cccnc23)CC1. The molecule has 0 atom stereocenters. The predicted molar refractivity (Wildman–Crippen MR) is 95.4 cm³/mol. The van der Waals surface area contributed by atoms with Crippen LogP contribution >= 0.6 is 0 Å². The number of benzene rings is 1. The van der Waals surface area contributed by atoms with Gasteiger partial charge in [-0.25, -0.2) is 4.39 Å². The molecule has 0 bridgehead atoms. The number of nitrogens with zero attached hydrogens (tertiary/aromatic N) is 2. The van der Waals surface area contributed by atoms with Crippen molar-refractivity contribution in [1.29, 1.82) is 0 Å². The first-order chi connectivity index (χ1) is 12.2. The minimum Gasteiger partial charge on any atom is -0.359 e. The molecule has 126 valence electrons. The average molecular weight is 335 g/mol. The van der Waals surface area contributed by atoms with Gasteiger partial charge in [-0.15, -0.1) is 0 Å². The lowest BCUT2D eigenvalue weighted by molar-refractivity contribution is -0.130. The third kappa shape index (κ3) is 3.18. The highest BCUT2D eigenvalue weighted by Gasteiger charge is 2.19. The van der Waals surface area contributed by atoms with E-state index >= 15 is 0 Å². The summed E-state index contributed by atoms with van der Waals surface area (Å²) in [5, 5.41) is 0. The Morgan fingerprint density at radius 2 is 2.08 bits per heavy atom. The molecule has 1 aromatic carbocycles. The van der Waals surface area contributed by atoms with Crippen LogP contribution in [0.4, 0.5) is 4.39 Å². The fourth-order valence-corrected chi connectivity index (χ4v) is 3.23. The molecular formula is C20H18FN3O. The van der Waals surface area contributed by atoms with Gasteiger partial charge < -0.3 is 9.88 Å². The predicted octanol–water partition coefficient (Wildman–Crippen LogP) is 3.56. The summed E-state index contributed by atoms with van der Waals surface area (Å²) in [7, 11) is 0. The minimum atomic E-state index is -0.283. The van der Waals surface area contributed by atoms with E-state index in [4.69, 9.17) is 0 Å². The number of pyridine rings is 1. The zero-order chi connectivity index (χ0) is 17.2. The van der Waals surface area contributed by atoms with E-state index in [0.29, 0.717) is 19.5 Å². The lowest BCUT2D eigenvalue weighted by atomic mass is 10.0. The Kier molecular flexibility index (Phi) is 4.06. The normalized spacial score (nSPS) is 14.6. The van der Waals surface area contributed by atoms with Crippen LogP contribution in [0.15, 0.2) is 54.9 Å². The quantitative estimate of drug-likeness (QED) is 0.795. The van der Waals surface area contributed by atoms with Crippen LogP contribution in [0.25, 0.3) is 16.6 Å². The van der Waals surface area contributed by atoms with Crippen LogP contribution in [0.5, 0.6) is 0 Å². The second kappa shape index (κ2) is 6.51. The summed E-state index contributed by atoms with van der Waals surface area (Å²) in [6, 6.07) is 10.0. The van der Waals surface area contributed by atoms with Crippen molar-refractivity contribution >= 4 is 22.5 Å². The number of aromatic amines is 1. The summed E-state index contributed by atoms with van der Waals surface area (Å²) in [6.07, 6.45) is 6.99. The van der Waals surface area contributed by atoms with Crippen LogP contribution in [0, 0.1) is 5.82 Å². The van der Waals surface area contributed by atoms with Crippen molar-refractivity contribution in [1.82, 2.24) is 14.9 Å². The number of hydrogen-bond donors (Lipinski definition) is 1. The van der Waals surface area contributed by atoms with Crippen molar-refractivity contribution in [3.05, 3.63) is 71.8 Å². The van der Waals surface area contributed by atoms with Gasteiger partial charge in [0.05, 0.1) is 17.5 Å². The highest BCUT2D eigenvalue weighted by molar-refractivity contribution is 5.90. The standard InChI is InChI=1S/C20H18FN3O/c21-16-5-3-14(4-6-16)12-19(25)24-10-7-15(8-11-24)17-13-23-18-2-1-9-22-20(17)18/h1-7,9,13,23H,8,10-12H2. The van der Waals surface area contributed by atoms with Crippen LogP contribution in [-0.2, 0) is 11.2 Å². The fourth-order valence-electron chi connectivity index (χ4n) is 3.23. The molecule has 0 spiro atoms. The first-order valence-corrected chi connectivity index (χ1v) is 8.34. The second-order valence-corrected chi connectivity index (χ2v) is 6.22. The number of carbonyl (C=O) groups excluding carboxylic acids is 1. The average Bonchev–Trinajstić information content (AvgIpc) is 3.08. The summed E-state index contributed by atoms with van der Waals surface area (Å²) in [5.74, 6) is -0.215. The van der Waals surface area contributed by atoms with Gasteiger partial charge in [-0.2, -0.15) is 0 Å². The number of nitrogens with one attached hydrogen (secondary N) is 1. The molecule has 1 N–H and O–H groups in total. The monoisotopic (exact) mass is 335 g/mol. The first kappa shape index (κ1) is 15.6. The molecule has 3 aromatic rings. The number of hydrogen-bond acceptors (Lipinski definition) is 2. The van der Waals surface area contributed by atoms with Gasteiger partial charge in [0.15, 0.2) is 0 Å². The van der Waals surface area contributed by atoms with Crippen LogP contribution in [-0.4, -0.2) is 33.9 Å². The van der Waals surface area contributed by atoms with Crippen molar-refractivity contribution in [3.8, 4) is 0 Å². The number of halogens is 1. The Morgan fingerprint density at radius 1 is 1.24 bits per heavy atom. The number of carbonyl (C=O) groups is 1. The Labute approximate surface area is 145 Å². The summed E-state index contributed by atoms with van der Waals surface area (Å²) < 4.78 is 13.0. The number of rotatable bonds is 3. The molecule has 1 aliphatic heterocycles. The zero-order valence-electron chi connectivity index (χ0n) is 13.7. The third-order valence-electron chi connectivity index (χ3n) is 4.61. The van der Waals surface area contributed by atoms with Gasteiger partial charge in [-0.05, 0) is 41.8 Å². The van der Waals surface area contributed by atoms with Gasteiger partial charge in [0, 0.05) is 31.0 Å². The number of fused-ring (bicyclic) bond motifs is 1. The van der Waals surface area contributed by atoms with E-state index < -0.39 is 0 Å². The largest absolute Gasteiger partial charge is 0.359 e. The zero-order valence-corrected chi connectivity index (χ0v) is 13.7. The molecule has 0 saturated heterocycles. The van der Waals surface area contributed by atoms with Crippen molar-refractivity contribution in [2.24, 2.45) is 0 Å². The summed E-state index contributed by atoms with van der Waals surface area (Å²) in [5.41, 5.74) is 5.16. The van der Waals surface area contributed by atoms with Crippen molar-refractivity contribution in [2.45, 2.75) is 12.8 Å². The number of amides is 1. The Hall–Kier alpha value is -2.95. The summed E-state index contributed by atoms with van der Waals surface area (Å²) in [4.78, 5) is 22.0. The molecule has 0 radical (unpaired) electrons. The topological polar surface area (TPSA) is 49.0 Å². The van der Waals surface area contributed by atoms with Crippen LogP contribution in [0.3, 0.4) is 0 Å². The van der Waals surface area contributed by atoms with Crippen LogP contribution in [0.1, 0.15) is 17.5 Å². The lowest BCUT2D eigenvalue weighted by Gasteiger charge is -2.26. The van der Waals surface area contributed by atoms with E-state index in [1.807, 2.05) is 23.2 Å². The first-order valence-electron chi connectivity index (χ1n) is 8.34. The van der Waals surface area contributed by atoms with Gasteiger partial charge in [0.1, 0.15) is 5.82 Å². The molecule has 3 heterocycles. The summed E-state index contributed by atoms with van der Waals surface area (Å²) in [6.45, 7) is 1.28. The van der Waals surface area contributed by atoms with E-state index in [0.717, 1.165) is 28.6 Å². The van der Waals surface area contributed by atoms with E-state index in [1.165, 1.54) is 17.7 Å². The molecule has 0 unspecified atom stereocenters. The van der Waals surface area contributed by atoms with Gasteiger partial charge in [0.25, 0.3) is 0 Å². The smallest absolute Gasteiger partial charge is 0.227 e. The molecule has 0 fully saturated rings. The maximum Gasteiger partial charge on any atom is 0.227 e. The van der Waals surface area contributed by atoms with Crippen molar-refractivity contribution in [3.63, 3.8) is 0 Å².